The summed E-state index contributed by atoms with van der Waals surface area (Å²) in [6, 6.07) is 24.5. The molecule has 45 heavy (non-hydrogen) atoms. The highest BCUT2D eigenvalue weighted by Gasteiger charge is 2.29. The third-order valence-electron chi connectivity index (χ3n) is 6.81. The Morgan fingerprint density at radius 2 is 1.42 bits per heavy atom. The van der Waals surface area contributed by atoms with E-state index in [1.807, 2.05) is 99.6 Å². The van der Waals surface area contributed by atoms with Gasteiger partial charge in [-0.05, 0) is 54.5 Å². The smallest absolute Gasteiger partial charge is 0.303 e. The fourth-order valence-corrected chi connectivity index (χ4v) is 4.55. The minimum Gasteiger partial charge on any atom is -0.494 e. The predicted molar refractivity (Wildman–Crippen MR) is 172 cm³/mol. The van der Waals surface area contributed by atoms with E-state index >= 15 is 0 Å². The van der Waals surface area contributed by atoms with Gasteiger partial charge in [0.15, 0.2) is 0 Å². The average molecular weight is 620 g/mol. The number of rotatable bonds is 16. The summed E-state index contributed by atoms with van der Waals surface area (Å²) in [5.74, 6) is -1.57. The molecule has 0 saturated carbocycles. The molecule has 0 aliphatic rings. The topological polar surface area (TPSA) is 168 Å². The average Bonchev–Trinajstić information content (AvgIpc) is 2.99. The molecular weight excluding hydrogens is 574 g/mol. The fraction of sp³-hybridized carbons (Fsp3) is 0.371. The van der Waals surface area contributed by atoms with Gasteiger partial charge in [-0.3, -0.25) is 19.2 Å². The highest BCUT2D eigenvalue weighted by atomic mass is 16.5. The molecule has 3 aromatic carbocycles. The molecule has 1 unspecified atom stereocenters. The van der Waals surface area contributed by atoms with Gasteiger partial charge >= 0.3 is 5.97 Å². The van der Waals surface area contributed by atoms with Gasteiger partial charge in [-0.1, -0.05) is 86.6 Å². The van der Waals surface area contributed by atoms with Gasteiger partial charge in [0.1, 0.15) is 11.8 Å². The summed E-state index contributed by atoms with van der Waals surface area (Å²) in [6.45, 7) is 6.06. The zero-order valence-electron chi connectivity index (χ0n) is 26.1. The lowest BCUT2D eigenvalue weighted by Crippen LogP contribution is -2.55. The molecule has 10 nitrogen and oxygen atoms in total. The van der Waals surface area contributed by atoms with Gasteiger partial charge in [-0.15, -0.1) is 0 Å². The van der Waals surface area contributed by atoms with Crippen molar-refractivity contribution in [1.82, 2.24) is 10.6 Å². The molecule has 0 spiro atoms. The number of ether oxygens (including phenoxy) is 1. The molecule has 0 aliphatic carbocycles. The largest absolute Gasteiger partial charge is 0.494 e. The summed E-state index contributed by atoms with van der Waals surface area (Å²) >= 11 is 0. The molecule has 3 amide bonds. The molecule has 0 saturated heterocycles. The predicted octanol–water partition coefficient (Wildman–Crippen LogP) is 3.44. The van der Waals surface area contributed by atoms with Crippen LogP contribution in [0.4, 0.5) is 0 Å². The molecule has 3 aromatic rings. The van der Waals surface area contributed by atoms with Crippen LogP contribution in [0.1, 0.15) is 50.3 Å². The van der Waals surface area contributed by atoms with E-state index < -0.39 is 30.1 Å². The number of amides is 3. The van der Waals surface area contributed by atoms with Crippen LogP contribution in [0, 0.1) is 5.92 Å². The van der Waals surface area contributed by atoms with E-state index in [2.05, 4.69) is 10.6 Å². The Morgan fingerprint density at radius 3 is 1.98 bits per heavy atom. The lowest BCUT2D eigenvalue weighted by Gasteiger charge is -2.28. The van der Waals surface area contributed by atoms with E-state index in [-0.39, 0.29) is 37.0 Å². The Labute approximate surface area is 265 Å². The number of benzene rings is 3. The SMILES string of the molecule is CCOc1cccc(CC(=O)NC(C(=O)N[C@@H](Cc2ccccc2)[C@@H](O)CCC(=O)O)C(C)C)c1.NC(=O)Cc1ccccc1. The van der Waals surface area contributed by atoms with E-state index in [9.17, 15) is 24.3 Å². The number of aliphatic carboxylic acids is 1. The highest BCUT2D eigenvalue weighted by molar-refractivity contribution is 5.88. The van der Waals surface area contributed by atoms with Crippen molar-refractivity contribution < 1.29 is 34.1 Å². The van der Waals surface area contributed by atoms with Gasteiger partial charge in [-0.2, -0.15) is 0 Å². The number of hydrogen-bond donors (Lipinski definition) is 5. The van der Waals surface area contributed by atoms with Crippen LogP contribution < -0.4 is 21.1 Å². The third-order valence-corrected chi connectivity index (χ3v) is 6.81. The lowest BCUT2D eigenvalue weighted by molar-refractivity contribution is -0.137. The summed E-state index contributed by atoms with van der Waals surface area (Å²) in [5, 5.41) is 25.3. The van der Waals surface area contributed by atoms with Crippen molar-refractivity contribution >= 4 is 23.7 Å². The molecule has 0 heterocycles. The van der Waals surface area contributed by atoms with E-state index in [4.69, 9.17) is 15.6 Å². The van der Waals surface area contributed by atoms with Crippen LogP contribution in [0.25, 0.3) is 0 Å². The molecule has 0 fully saturated rings. The van der Waals surface area contributed by atoms with Crippen molar-refractivity contribution in [1.29, 1.82) is 0 Å². The lowest BCUT2D eigenvalue weighted by atomic mass is 9.96. The second-order valence-corrected chi connectivity index (χ2v) is 11.0. The molecule has 3 atom stereocenters. The third kappa shape index (κ3) is 14.6. The second-order valence-electron chi connectivity index (χ2n) is 11.0. The number of carbonyl (C=O) groups excluding carboxylic acids is 3. The van der Waals surface area contributed by atoms with Crippen molar-refractivity contribution in [3.05, 3.63) is 102 Å². The van der Waals surface area contributed by atoms with Crippen molar-refractivity contribution in [3.63, 3.8) is 0 Å². The van der Waals surface area contributed by atoms with Crippen LogP contribution >= 0.6 is 0 Å². The summed E-state index contributed by atoms with van der Waals surface area (Å²) in [5.41, 5.74) is 7.61. The van der Waals surface area contributed by atoms with Gasteiger partial charge in [0.2, 0.25) is 17.7 Å². The minimum atomic E-state index is -1.06. The number of primary amides is 1. The second kappa shape index (κ2) is 19.6. The van der Waals surface area contributed by atoms with E-state index in [0.29, 0.717) is 25.2 Å². The number of carbonyl (C=O) groups is 4. The van der Waals surface area contributed by atoms with Crippen LogP contribution in [0.2, 0.25) is 0 Å². The maximum atomic E-state index is 13.2. The minimum absolute atomic E-state index is 0.00197. The maximum absolute atomic E-state index is 13.2. The Bertz CT molecular complexity index is 1350. The number of carboxylic acid groups (broad SMARTS) is 1. The fourth-order valence-electron chi connectivity index (χ4n) is 4.55. The van der Waals surface area contributed by atoms with E-state index in [0.717, 1.165) is 16.7 Å². The number of nitrogens with one attached hydrogen (secondary N) is 2. The van der Waals surface area contributed by atoms with Crippen LogP contribution in [-0.2, 0) is 38.4 Å². The Hall–Kier alpha value is -4.70. The van der Waals surface area contributed by atoms with Crippen molar-refractivity contribution in [2.45, 2.75) is 71.1 Å². The number of carboxylic acids is 1. The van der Waals surface area contributed by atoms with Gasteiger partial charge in [0.05, 0.1) is 31.6 Å². The molecule has 0 radical (unpaired) electrons. The molecular formula is C35H45N3O7. The summed E-state index contributed by atoms with van der Waals surface area (Å²) in [4.78, 5) is 47.3. The quantitative estimate of drug-likeness (QED) is 0.164. The molecule has 6 N–H and O–H groups in total. The highest BCUT2D eigenvalue weighted by Crippen LogP contribution is 2.15. The monoisotopic (exact) mass is 619 g/mol. The van der Waals surface area contributed by atoms with Crippen molar-refractivity contribution in [2.75, 3.05) is 6.61 Å². The zero-order valence-corrected chi connectivity index (χ0v) is 26.1. The first-order valence-corrected chi connectivity index (χ1v) is 15.1. The van der Waals surface area contributed by atoms with E-state index in [1.54, 1.807) is 6.07 Å². The number of hydrogen-bond acceptors (Lipinski definition) is 6. The molecule has 242 valence electrons. The summed E-state index contributed by atoms with van der Waals surface area (Å²) in [6.07, 6.45) is -0.515. The first-order chi connectivity index (χ1) is 21.5. The number of nitrogens with two attached hydrogens (primary N) is 1. The molecule has 0 aromatic heterocycles. The van der Waals surface area contributed by atoms with Crippen LogP contribution in [0.3, 0.4) is 0 Å². The molecule has 10 heteroatoms. The molecule has 0 aliphatic heterocycles. The normalized spacial score (nSPS) is 12.6. The standard InChI is InChI=1S/C27H36N2O6.C8H9NO/c1-4-35-21-12-8-11-20(15-21)17-24(31)29-26(18(2)3)27(34)28-22(23(30)13-14-25(32)33)16-19-9-6-5-7-10-19;9-8(10)6-7-4-2-1-3-5-7/h5-12,15,18,22-23,26,30H,4,13-14,16-17H2,1-3H3,(H,28,34)(H,29,31)(H,32,33);1-5H,6H2,(H2,9,10)/t22-,23-,26?;/m0./s1. The van der Waals surface area contributed by atoms with Crippen LogP contribution in [-0.4, -0.2) is 58.7 Å². The van der Waals surface area contributed by atoms with Gasteiger partial charge < -0.3 is 31.3 Å². The van der Waals surface area contributed by atoms with Crippen molar-refractivity contribution in [3.8, 4) is 5.75 Å². The van der Waals surface area contributed by atoms with Gasteiger partial charge in [0.25, 0.3) is 0 Å². The Kier molecular flexibility index (Phi) is 15.9. The van der Waals surface area contributed by atoms with Crippen LogP contribution in [0.5, 0.6) is 5.75 Å². The van der Waals surface area contributed by atoms with E-state index in [1.165, 1.54) is 0 Å². The maximum Gasteiger partial charge on any atom is 0.303 e. The number of aliphatic hydroxyl groups excluding tert-OH is 1. The summed E-state index contributed by atoms with van der Waals surface area (Å²) in [7, 11) is 0. The van der Waals surface area contributed by atoms with Gasteiger partial charge in [-0.25, -0.2) is 0 Å². The number of aliphatic hydroxyl groups is 1. The first-order valence-electron chi connectivity index (χ1n) is 15.1. The molecule has 0 bridgehead atoms. The zero-order chi connectivity index (χ0) is 33.2. The van der Waals surface area contributed by atoms with Gasteiger partial charge in [0, 0.05) is 6.42 Å². The Balaban J connectivity index is 0.000000596. The van der Waals surface area contributed by atoms with Crippen molar-refractivity contribution in [2.24, 2.45) is 11.7 Å². The molecule has 3 rings (SSSR count). The first kappa shape index (κ1) is 36.5. The Morgan fingerprint density at radius 1 is 0.822 bits per heavy atom. The van der Waals surface area contributed by atoms with Crippen LogP contribution in [0.15, 0.2) is 84.9 Å². The summed E-state index contributed by atoms with van der Waals surface area (Å²) < 4.78 is 5.48.